The van der Waals surface area contributed by atoms with E-state index in [1.807, 2.05) is 6.92 Å². The van der Waals surface area contributed by atoms with Crippen molar-refractivity contribution in [1.29, 1.82) is 0 Å². The number of Topliss-reactive ketones (excluding diaryl/α,β-unsaturated/α-hetero) is 6. The Morgan fingerprint density at radius 3 is 1.35 bits per heavy atom. The number of unbranched alkanes of at least 4 members (excludes halogenated alkanes) is 15. The number of nitrogens with two attached hydrogens (primary N) is 6. The summed E-state index contributed by atoms with van der Waals surface area (Å²) in [5, 5.41) is 56.2. The topological polar surface area (TPSA) is 578 Å². The first-order valence-electron chi connectivity index (χ1n) is 42.4. The van der Waals surface area contributed by atoms with Crippen LogP contribution in [-0.2, 0) is 78.3 Å². The Balaban J connectivity index is 3.58. The second-order valence-electron chi connectivity index (χ2n) is 31.7. The molecule has 12 atom stereocenters. The highest BCUT2D eigenvalue weighted by Crippen LogP contribution is 2.26. The second-order valence-corrected chi connectivity index (χ2v) is 31.7. The molecule has 1 rings (SSSR count). The first kappa shape index (κ1) is 105. The zero-order chi connectivity index (χ0) is 87.1. The molecule has 22 N–H and O–H groups in total. The van der Waals surface area contributed by atoms with Crippen LogP contribution in [0.25, 0.3) is 0 Å². The molecule has 0 unspecified atom stereocenters. The molecule has 0 spiro atoms. The largest absolute Gasteiger partial charge is 0.508 e. The number of aliphatic hydroxyl groups is 2. The lowest BCUT2D eigenvalue weighted by molar-refractivity contribution is -0.141. The number of nitrogens with zero attached hydrogens (tertiary/aromatic N) is 1. The van der Waals surface area contributed by atoms with Crippen molar-refractivity contribution in [2.45, 2.75) is 322 Å². The van der Waals surface area contributed by atoms with Crippen LogP contribution in [0, 0.1) is 41.4 Å². The van der Waals surface area contributed by atoms with E-state index in [0.717, 1.165) is 32.1 Å². The van der Waals surface area contributed by atoms with E-state index in [-0.39, 0.29) is 107 Å². The van der Waals surface area contributed by atoms with Crippen LogP contribution in [0.5, 0.6) is 5.75 Å². The minimum atomic E-state index is -1.68. The summed E-state index contributed by atoms with van der Waals surface area (Å²) in [5.74, 6) is -19.4. The standard InChI is InChI=1S/C84H143N13O19/c1-7-10-12-13-14-15-16-17-18-19-20-21-22-31-63(101)45-57(29-11-8-2)78(111)92-52-64(102)46-60(44-56-34-36-62(100)37-35-56)81(114)96-69(38-39-75(87)107)71(103)47-58(30-23-25-40-85)79(112)94-67(32-24-26-41-86)72(104)48-59(43-54(4)5)80(113)95-68(33-27-42-91-84(89)90)73(105)49-61(53-98)82(115)93-66(28-9-3)74(106)50-65(55(6)99)83(116)97-70(77(88)110)51-76(108)109/h34-37,54-55,57-61,65-70,98-100H,7-33,38-53,85-86H2,1-6H3,(H2,87,107)(H2,88,110)(H,92,111)(H,93,115)(H,94,112)(H,95,113)(H,96,114)(H,97,116)(H,108,109)(H4,89,90,91)/t55-,57-,58-,59-,60-,61+,65+,66+,67+,68+,69+,70+/m1/s1. The summed E-state index contributed by atoms with van der Waals surface area (Å²) in [6, 6.07) is -1.21. The Kier molecular flexibility index (Phi) is 56.0. The number of hydrogen-bond donors (Lipinski definition) is 16. The molecule has 116 heavy (non-hydrogen) atoms. The van der Waals surface area contributed by atoms with E-state index in [9.17, 15) is 92.3 Å². The summed E-state index contributed by atoms with van der Waals surface area (Å²) >= 11 is 0. The number of phenolic OH excluding ortho intramolecular Hbond substituents is 1. The lowest BCUT2D eigenvalue weighted by Crippen LogP contribution is -2.51. The van der Waals surface area contributed by atoms with Crippen LogP contribution in [0.1, 0.15) is 285 Å². The van der Waals surface area contributed by atoms with Crippen LogP contribution in [-0.4, -0.2) is 183 Å². The van der Waals surface area contributed by atoms with Crippen LogP contribution in [0.3, 0.4) is 0 Å². The van der Waals surface area contributed by atoms with Crippen LogP contribution < -0.4 is 66.3 Å². The molecule has 0 aliphatic rings. The van der Waals surface area contributed by atoms with E-state index in [2.05, 4.69) is 43.8 Å². The Hall–Kier alpha value is -8.62. The van der Waals surface area contributed by atoms with E-state index < -0.39 is 212 Å². The summed E-state index contributed by atoms with van der Waals surface area (Å²) in [4.78, 5) is 210. The number of aliphatic carboxylic acids is 1. The average Bonchev–Trinajstić information content (AvgIpc) is 0.915. The SMILES string of the molecule is CCCCCCCCCCCCCCCC(=O)C[C@@H](CCCC)C(=O)NCC(=O)C[C@@H](Cc1ccc(O)cc1)C(=O)N[C@@H](CCC(N)=O)C(=O)C[C@@H](CCCCN)C(=O)N[C@@H](CCCCN)C(=O)C[C@@H](CC(C)C)C(=O)N[C@@H](CCCN=C(N)N)C(=O)C[C@@H](CO)C(=O)N[C@@H](CCC)C(=O)C[C@H](C(=O)N[C@@H](CC(=O)O)C(N)=O)[C@@H](C)O. The number of benzene rings is 1. The summed E-state index contributed by atoms with van der Waals surface area (Å²) in [7, 11) is 0. The number of hydrogen-bond acceptors (Lipinski definition) is 21. The number of aromatic hydroxyl groups is 1. The molecule has 0 aliphatic heterocycles. The highest BCUT2D eigenvalue weighted by Gasteiger charge is 2.38. The Labute approximate surface area is 686 Å². The molecule has 0 bridgehead atoms. The number of amides is 8. The first-order valence-corrected chi connectivity index (χ1v) is 42.4. The summed E-state index contributed by atoms with van der Waals surface area (Å²) < 4.78 is 0. The molecule has 0 fully saturated rings. The number of carbonyl (C=O) groups excluding carboxylic acids is 14. The van der Waals surface area contributed by atoms with Gasteiger partial charge in [-0.2, -0.15) is 0 Å². The van der Waals surface area contributed by atoms with Crippen molar-refractivity contribution in [2.24, 2.45) is 80.8 Å². The van der Waals surface area contributed by atoms with Gasteiger partial charge < -0.3 is 86.7 Å². The second kappa shape index (κ2) is 61.7. The van der Waals surface area contributed by atoms with Gasteiger partial charge in [0, 0.05) is 81.6 Å². The molecule has 0 aliphatic carbocycles. The Morgan fingerprint density at radius 2 is 0.862 bits per heavy atom. The minimum Gasteiger partial charge on any atom is -0.508 e. The molecule has 0 aromatic heterocycles. The van der Waals surface area contributed by atoms with E-state index in [4.69, 9.17) is 34.4 Å². The number of ketones is 6. The van der Waals surface area contributed by atoms with Crippen molar-refractivity contribution in [3.63, 3.8) is 0 Å². The molecule has 0 heterocycles. The summed E-state index contributed by atoms with van der Waals surface area (Å²) in [5.41, 5.74) is 34.4. The van der Waals surface area contributed by atoms with Crippen molar-refractivity contribution in [3.8, 4) is 5.75 Å². The molecule has 32 nitrogen and oxygen atoms in total. The van der Waals surface area contributed by atoms with Gasteiger partial charge in [-0.15, -0.1) is 0 Å². The lowest BCUT2D eigenvalue weighted by Gasteiger charge is -2.27. The number of aliphatic hydroxyl groups excluding tert-OH is 2. The fraction of sp³-hybridized carbons (Fsp3) is 0.738. The number of phenols is 1. The van der Waals surface area contributed by atoms with Crippen LogP contribution in [0.2, 0.25) is 0 Å². The van der Waals surface area contributed by atoms with Gasteiger partial charge in [-0.05, 0) is 127 Å². The fourth-order valence-electron chi connectivity index (χ4n) is 14.0. The smallest absolute Gasteiger partial charge is 0.305 e. The number of carbonyl (C=O) groups is 15. The number of carboxylic acids is 1. The monoisotopic (exact) mass is 1640 g/mol. The number of primary amides is 2. The third kappa shape index (κ3) is 46.9. The molecule has 32 heteroatoms. The van der Waals surface area contributed by atoms with Crippen molar-refractivity contribution < 1.29 is 92.3 Å². The number of aliphatic imine (C=N–C) groups is 1. The van der Waals surface area contributed by atoms with Crippen molar-refractivity contribution >= 4 is 93.9 Å². The number of carboxylic acid groups (broad SMARTS) is 1. The molecule has 658 valence electrons. The maximum Gasteiger partial charge on any atom is 0.305 e. The molecule has 1 aromatic rings. The first-order chi connectivity index (χ1) is 55.1. The number of rotatable bonds is 72. The molecule has 1 aromatic carbocycles. The van der Waals surface area contributed by atoms with Gasteiger partial charge in [0.05, 0.1) is 61.7 Å². The molecule has 0 saturated heterocycles. The van der Waals surface area contributed by atoms with Gasteiger partial charge in [-0.3, -0.25) is 76.9 Å². The normalized spacial score (nSPS) is 14.4. The summed E-state index contributed by atoms with van der Waals surface area (Å²) in [6.07, 6.45) is 13.3. The molecule has 0 radical (unpaired) electrons. The average molecular weight is 1640 g/mol. The van der Waals surface area contributed by atoms with Crippen LogP contribution in [0.15, 0.2) is 29.3 Å². The predicted molar refractivity (Wildman–Crippen MR) is 442 cm³/mol. The quantitative estimate of drug-likeness (QED) is 0.0222. The van der Waals surface area contributed by atoms with E-state index in [0.29, 0.717) is 50.5 Å². The molecular weight excluding hydrogens is 1490 g/mol. The molecule has 8 amide bonds. The minimum absolute atomic E-state index is 0.0137. The van der Waals surface area contributed by atoms with Gasteiger partial charge in [0.1, 0.15) is 17.6 Å². The highest BCUT2D eigenvalue weighted by molar-refractivity contribution is 5.99. The third-order valence-corrected chi connectivity index (χ3v) is 20.8. The Morgan fingerprint density at radius 1 is 0.422 bits per heavy atom. The molecular formula is C84H143N13O19. The van der Waals surface area contributed by atoms with Crippen molar-refractivity contribution in [2.75, 3.05) is 32.8 Å². The van der Waals surface area contributed by atoms with Gasteiger partial charge >= 0.3 is 5.97 Å². The fourth-order valence-corrected chi connectivity index (χ4v) is 14.0. The zero-order valence-electron chi connectivity index (χ0n) is 70.0. The number of guanidine groups is 1. The Bertz CT molecular complexity index is 3220. The van der Waals surface area contributed by atoms with Gasteiger partial charge in [0.2, 0.25) is 47.3 Å². The van der Waals surface area contributed by atoms with Crippen LogP contribution in [0.4, 0.5) is 0 Å². The number of nitrogens with one attached hydrogen (secondary N) is 6. The van der Waals surface area contributed by atoms with Crippen molar-refractivity contribution in [3.05, 3.63) is 29.8 Å². The van der Waals surface area contributed by atoms with Gasteiger partial charge in [0.15, 0.2) is 34.9 Å². The zero-order valence-corrected chi connectivity index (χ0v) is 70.0. The maximum atomic E-state index is 14.8. The van der Waals surface area contributed by atoms with E-state index in [1.165, 1.54) is 76.8 Å². The molecule has 0 saturated carbocycles. The van der Waals surface area contributed by atoms with Gasteiger partial charge in [0.25, 0.3) is 0 Å². The van der Waals surface area contributed by atoms with Crippen molar-refractivity contribution in [1.82, 2.24) is 31.9 Å². The van der Waals surface area contributed by atoms with Gasteiger partial charge in [-0.25, -0.2) is 0 Å². The van der Waals surface area contributed by atoms with E-state index in [1.54, 1.807) is 32.9 Å². The van der Waals surface area contributed by atoms with E-state index >= 15 is 0 Å². The lowest BCUT2D eigenvalue weighted by atomic mass is 9.87. The maximum absolute atomic E-state index is 14.8. The van der Waals surface area contributed by atoms with Gasteiger partial charge in [-0.1, -0.05) is 149 Å². The summed E-state index contributed by atoms with van der Waals surface area (Å²) in [6.45, 7) is 9.65. The van der Waals surface area contributed by atoms with Crippen LogP contribution >= 0.6 is 0 Å². The predicted octanol–water partition coefficient (Wildman–Crippen LogP) is 5.36. The highest BCUT2D eigenvalue weighted by atomic mass is 16.4. The third-order valence-electron chi connectivity index (χ3n) is 20.8.